The second-order valence-electron chi connectivity index (χ2n) is 2.56. The van der Waals surface area contributed by atoms with Gasteiger partial charge in [0.15, 0.2) is 0 Å². The highest BCUT2D eigenvalue weighted by molar-refractivity contribution is 9.10. The number of aryl methyl sites for hydroxylation is 1. The topological polar surface area (TPSA) is 38.9 Å². The van der Waals surface area contributed by atoms with Crippen LogP contribution in [0.5, 0.6) is 0 Å². The number of halogens is 2. The maximum Gasteiger partial charge on any atom is 0.294 e. The molecule has 0 bridgehead atoms. The largest absolute Gasteiger partial charge is 0.408 e. The van der Waals surface area contributed by atoms with Gasteiger partial charge in [-0.25, -0.2) is 4.98 Å². The smallest absolute Gasteiger partial charge is 0.294 e. The molecule has 68 valence electrons. The molecule has 2 rings (SSSR count). The van der Waals surface area contributed by atoms with Crippen molar-refractivity contribution in [2.75, 3.05) is 0 Å². The number of hydrogen-bond acceptors (Lipinski definition) is 3. The van der Waals surface area contributed by atoms with E-state index in [9.17, 15) is 0 Å². The molecule has 3 nitrogen and oxygen atoms in total. The van der Waals surface area contributed by atoms with Gasteiger partial charge in [0, 0.05) is 4.47 Å². The first-order chi connectivity index (χ1) is 6.20. The zero-order chi connectivity index (χ0) is 9.42. The van der Waals surface area contributed by atoms with Gasteiger partial charge in [-0.1, -0.05) is 6.92 Å². The molecule has 0 aromatic carbocycles. The van der Waals surface area contributed by atoms with Gasteiger partial charge in [-0.05, 0) is 40.0 Å². The molecule has 2 heterocycles. The highest BCUT2D eigenvalue weighted by Crippen LogP contribution is 2.23. The van der Waals surface area contributed by atoms with Crippen molar-refractivity contribution in [2.24, 2.45) is 0 Å². The van der Waals surface area contributed by atoms with Crippen LogP contribution in [0.25, 0.3) is 11.2 Å². The van der Waals surface area contributed by atoms with E-state index in [0.717, 1.165) is 16.6 Å². The van der Waals surface area contributed by atoms with Crippen LogP contribution in [-0.2, 0) is 6.42 Å². The maximum absolute atomic E-state index is 5.60. The van der Waals surface area contributed by atoms with Gasteiger partial charge < -0.3 is 4.42 Å². The molecule has 0 fully saturated rings. The van der Waals surface area contributed by atoms with Crippen molar-refractivity contribution in [2.45, 2.75) is 13.3 Å². The molecule has 13 heavy (non-hydrogen) atoms. The predicted molar refractivity (Wildman–Crippen MR) is 53.9 cm³/mol. The molecule has 5 heteroatoms. The van der Waals surface area contributed by atoms with Crippen LogP contribution < -0.4 is 0 Å². The number of aromatic nitrogens is 2. The van der Waals surface area contributed by atoms with E-state index >= 15 is 0 Å². The Morgan fingerprint density at radius 3 is 3.00 bits per heavy atom. The predicted octanol–water partition coefficient (Wildman–Crippen LogP) is 3.20. The molecule has 0 aliphatic carbocycles. The fourth-order valence-corrected chi connectivity index (χ4v) is 1.85. The zero-order valence-corrected chi connectivity index (χ0v) is 9.18. The van der Waals surface area contributed by atoms with Gasteiger partial charge in [0.05, 0.1) is 5.69 Å². The minimum atomic E-state index is 0.127. The molecule has 0 N–H and O–H groups in total. The molecule has 0 unspecified atom stereocenters. The van der Waals surface area contributed by atoms with E-state index in [1.165, 1.54) is 0 Å². The Bertz CT molecular complexity index is 455. The van der Waals surface area contributed by atoms with E-state index in [4.69, 9.17) is 16.0 Å². The zero-order valence-electron chi connectivity index (χ0n) is 6.84. The average molecular weight is 262 g/mol. The second-order valence-corrected chi connectivity index (χ2v) is 3.74. The molecule has 2 aromatic rings. The molecule has 0 saturated carbocycles. The molecular weight excluding hydrogens is 255 g/mol. The van der Waals surface area contributed by atoms with Crippen LogP contribution in [0.3, 0.4) is 0 Å². The lowest BCUT2D eigenvalue weighted by molar-refractivity contribution is 0.591. The second kappa shape index (κ2) is 3.27. The van der Waals surface area contributed by atoms with Gasteiger partial charge in [-0.2, -0.15) is 4.98 Å². The summed E-state index contributed by atoms with van der Waals surface area (Å²) in [5, 5.41) is 0.127. The van der Waals surface area contributed by atoms with Crippen molar-refractivity contribution >= 4 is 38.8 Å². The molecule has 0 aliphatic rings. The quantitative estimate of drug-likeness (QED) is 0.791. The van der Waals surface area contributed by atoms with Gasteiger partial charge in [0.1, 0.15) is 5.52 Å². The third-order valence-electron chi connectivity index (χ3n) is 1.72. The third-order valence-corrected chi connectivity index (χ3v) is 2.57. The van der Waals surface area contributed by atoms with E-state index in [0.29, 0.717) is 11.2 Å². The first-order valence-corrected chi connectivity index (χ1v) is 4.99. The fraction of sp³-hybridized carbons (Fsp3) is 0.250. The van der Waals surface area contributed by atoms with Crippen molar-refractivity contribution in [3.8, 4) is 0 Å². The molecule has 0 saturated heterocycles. The van der Waals surface area contributed by atoms with E-state index in [-0.39, 0.29) is 5.35 Å². The van der Waals surface area contributed by atoms with E-state index in [1.54, 1.807) is 0 Å². The molecule has 0 amide bonds. The average Bonchev–Trinajstić information content (AvgIpc) is 2.42. The SMILES string of the molecule is CCc1nc2oc(Cl)nc2cc1Br. The van der Waals surface area contributed by atoms with Gasteiger partial charge in [0.25, 0.3) is 5.35 Å². The maximum atomic E-state index is 5.60. The molecule has 0 spiro atoms. The Labute approximate surface area is 88.2 Å². The molecule has 0 aliphatic heterocycles. The standard InChI is InChI=1S/C8H6BrClN2O/c1-2-5-4(9)3-6-7(11-5)13-8(10)12-6/h3H,2H2,1H3. The van der Waals surface area contributed by atoms with Crippen LogP contribution in [0, 0.1) is 0 Å². The fourth-order valence-electron chi connectivity index (χ4n) is 1.10. The first kappa shape index (κ1) is 8.97. The number of nitrogens with zero attached hydrogens (tertiary/aromatic N) is 2. The monoisotopic (exact) mass is 260 g/mol. The van der Waals surface area contributed by atoms with Crippen LogP contribution in [0.2, 0.25) is 5.35 Å². The van der Waals surface area contributed by atoms with E-state index in [2.05, 4.69) is 25.9 Å². The van der Waals surface area contributed by atoms with Gasteiger partial charge in [-0.15, -0.1) is 0 Å². The Balaban J connectivity index is 2.72. The number of rotatable bonds is 1. The highest BCUT2D eigenvalue weighted by atomic mass is 79.9. The minimum Gasteiger partial charge on any atom is -0.408 e. The van der Waals surface area contributed by atoms with Crippen LogP contribution in [-0.4, -0.2) is 9.97 Å². The van der Waals surface area contributed by atoms with Crippen molar-refractivity contribution in [3.05, 3.63) is 21.6 Å². The Hall–Kier alpha value is -0.610. The Kier molecular flexibility index (Phi) is 2.26. The Morgan fingerprint density at radius 1 is 1.54 bits per heavy atom. The summed E-state index contributed by atoms with van der Waals surface area (Å²) in [6.45, 7) is 2.02. The third kappa shape index (κ3) is 1.56. The molecule has 0 atom stereocenters. The van der Waals surface area contributed by atoms with E-state index < -0.39 is 0 Å². The minimum absolute atomic E-state index is 0.127. The normalized spacial score (nSPS) is 11.0. The van der Waals surface area contributed by atoms with Crippen LogP contribution in [0.1, 0.15) is 12.6 Å². The van der Waals surface area contributed by atoms with Crippen LogP contribution in [0.15, 0.2) is 15.0 Å². The summed E-state index contributed by atoms with van der Waals surface area (Å²) in [7, 11) is 0. The summed E-state index contributed by atoms with van der Waals surface area (Å²) < 4.78 is 6.03. The van der Waals surface area contributed by atoms with Crippen LogP contribution >= 0.6 is 27.5 Å². The number of pyridine rings is 1. The number of hydrogen-bond donors (Lipinski definition) is 0. The van der Waals surface area contributed by atoms with E-state index in [1.807, 2.05) is 13.0 Å². The highest BCUT2D eigenvalue weighted by Gasteiger charge is 2.08. The van der Waals surface area contributed by atoms with Crippen LogP contribution in [0.4, 0.5) is 0 Å². The number of fused-ring (bicyclic) bond motifs is 1. The summed E-state index contributed by atoms with van der Waals surface area (Å²) in [6.07, 6.45) is 0.842. The molecule has 0 radical (unpaired) electrons. The summed E-state index contributed by atoms with van der Waals surface area (Å²) in [4.78, 5) is 8.21. The first-order valence-electron chi connectivity index (χ1n) is 3.82. The lowest BCUT2D eigenvalue weighted by Gasteiger charge is -1.97. The lowest BCUT2D eigenvalue weighted by Crippen LogP contribution is -1.88. The van der Waals surface area contributed by atoms with Crippen molar-refractivity contribution < 1.29 is 4.42 Å². The van der Waals surface area contributed by atoms with Gasteiger partial charge >= 0.3 is 0 Å². The summed E-state index contributed by atoms with van der Waals surface area (Å²) >= 11 is 9.00. The van der Waals surface area contributed by atoms with Gasteiger partial charge in [-0.3, -0.25) is 0 Å². The summed E-state index contributed by atoms with van der Waals surface area (Å²) in [5.74, 6) is 0. The van der Waals surface area contributed by atoms with Crippen molar-refractivity contribution in [1.29, 1.82) is 0 Å². The Morgan fingerprint density at radius 2 is 2.31 bits per heavy atom. The summed E-state index contributed by atoms with van der Waals surface area (Å²) in [5.41, 5.74) is 2.11. The van der Waals surface area contributed by atoms with Crippen molar-refractivity contribution in [3.63, 3.8) is 0 Å². The van der Waals surface area contributed by atoms with Crippen molar-refractivity contribution in [1.82, 2.24) is 9.97 Å². The summed E-state index contributed by atoms with van der Waals surface area (Å²) in [6, 6.07) is 1.86. The molecular formula is C8H6BrClN2O. The number of oxazole rings is 1. The lowest BCUT2D eigenvalue weighted by atomic mass is 10.3. The van der Waals surface area contributed by atoms with Gasteiger partial charge in [0.2, 0.25) is 5.71 Å². The molecule has 2 aromatic heterocycles.